The van der Waals surface area contributed by atoms with Gasteiger partial charge in [-0.25, -0.2) is 4.79 Å². The van der Waals surface area contributed by atoms with E-state index in [-0.39, 0.29) is 6.09 Å². The first-order chi connectivity index (χ1) is 8.61. The van der Waals surface area contributed by atoms with Crippen LogP contribution in [0.5, 0.6) is 0 Å². The average Bonchev–Trinajstić information content (AvgIpc) is 2.41. The molecular weight excluding hydrogens is 275 g/mol. The maximum absolute atomic E-state index is 11.4. The zero-order valence-corrected chi connectivity index (χ0v) is 11.5. The van der Waals surface area contributed by atoms with Crippen molar-refractivity contribution in [2.75, 3.05) is 38.2 Å². The van der Waals surface area contributed by atoms with Gasteiger partial charge in [0.15, 0.2) is 0 Å². The molecule has 0 bridgehead atoms. The molecule has 0 aliphatic carbocycles. The first kappa shape index (κ1) is 13.3. The number of rotatable bonds is 1. The quantitative estimate of drug-likeness (QED) is 0.797. The molecule has 0 radical (unpaired) electrons. The molecular formula is C12H14Cl2N2O2. The van der Waals surface area contributed by atoms with Gasteiger partial charge in [0.05, 0.1) is 17.8 Å². The highest BCUT2D eigenvalue weighted by molar-refractivity contribution is 6.35. The summed E-state index contributed by atoms with van der Waals surface area (Å²) in [6.45, 7) is 2.68. The van der Waals surface area contributed by atoms with Crippen molar-refractivity contribution in [2.45, 2.75) is 0 Å². The highest BCUT2D eigenvalue weighted by Gasteiger charge is 2.22. The fourth-order valence-electron chi connectivity index (χ4n) is 1.99. The number of anilines is 1. The Kier molecular flexibility index (Phi) is 4.19. The maximum Gasteiger partial charge on any atom is 0.409 e. The van der Waals surface area contributed by atoms with Crippen LogP contribution in [0.1, 0.15) is 0 Å². The number of nitrogens with zero attached hydrogens (tertiary/aromatic N) is 2. The second kappa shape index (κ2) is 5.67. The molecule has 0 N–H and O–H groups in total. The first-order valence-corrected chi connectivity index (χ1v) is 6.40. The van der Waals surface area contributed by atoms with Crippen molar-refractivity contribution in [2.24, 2.45) is 0 Å². The van der Waals surface area contributed by atoms with Crippen LogP contribution in [0.25, 0.3) is 0 Å². The number of benzene rings is 1. The van der Waals surface area contributed by atoms with Crippen molar-refractivity contribution in [3.05, 3.63) is 28.2 Å². The third-order valence-corrected chi connectivity index (χ3v) is 3.52. The van der Waals surface area contributed by atoms with Crippen LogP contribution in [0.4, 0.5) is 10.5 Å². The van der Waals surface area contributed by atoms with Gasteiger partial charge in [-0.2, -0.15) is 0 Å². The number of ether oxygens (including phenoxy) is 1. The Hall–Kier alpha value is -1.13. The molecule has 1 heterocycles. The second-order valence-electron chi connectivity index (χ2n) is 4.04. The van der Waals surface area contributed by atoms with Crippen molar-refractivity contribution < 1.29 is 9.53 Å². The van der Waals surface area contributed by atoms with Crippen LogP contribution in [0.2, 0.25) is 10.0 Å². The summed E-state index contributed by atoms with van der Waals surface area (Å²) in [7, 11) is 1.39. The van der Waals surface area contributed by atoms with Crippen molar-refractivity contribution in [1.29, 1.82) is 0 Å². The fraction of sp³-hybridized carbons (Fsp3) is 0.417. The van der Waals surface area contributed by atoms with E-state index in [1.165, 1.54) is 7.11 Å². The molecule has 0 atom stereocenters. The first-order valence-electron chi connectivity index (χ1n) is 5.64. The summed E-state index contributed by atoms with van der Waals surface area (Å²) in [5, 5.41) is 1.33. The van der Waals surface area contributed by atoms with E-state index in [0.29, 0.717) is 23.1 Å². The van der Waals surface area contributed by atoms with E-state index in [9.17, 15) is 4.79 Å². The molecule has 0 spiro atoms. The van der Waals surface area contributed by atoms with Gasteiger partial charge < -0.3 is 14.5 Å². The minimum atomic E-state index is -0.285. The largest absolute Gasteiger partial charge is 0.453 e. The molecule has 4 nitrogen and oxygen atoms in total. The molecule has 0 aromatic heterocycles. The maximum atomic E-state index is 11.4. The molecule has 1 aliphatic heterocycles. The van der Waals surface area contributed by atoms with E-state index >= 15 is 0 Å². The molecule has 1 saturated heterocycles. The van der Waals surface area contributed by atoms with Gasteiger partial charge in [-0.1, -0.05) is 23.2 Å². The van der Waals surface area contributed by atoms with Crippen LogP contribution in [-0.2, 0) is 4.74 Å². The zero-order valence-electron chi connectivity index (χ0n) is 10.0. The van der Waals surface area contributed by atoms with Crippen LogP contribution in [0, 0.1) is 0 Å². The summed E-state index contributed by atoms with van der Waals surface area (Å²) < 4.78 is 4.69. The summed E-state index contributed by atoms with van der Waals surface area (Å²) in [4.78, 5) is 15.2. The predicted molar refractivity (Wildman–Crippen MR) is 72.7 cm³/mol. The Morgan fingerprint density at radius 2 is 1.89 bits per heavy atom. The van der Waals surface area contributed by atoms with E-state index < -0.39 is 0 Å². The lowest BCUT2D eigenvalue weighted by Gasteiger charge is -2.35. The number of carbonyl (C=O) groups excluding carboxylic acids is 1. The Labute approximate surface area is 116 Å². The van der Waals surface area contributed by atoms with Gasteiger partial charge in [0.2, 0.25) is 0 Å². The molecule has 1 aliphatic rings. The van der Waals surface area contributed by atoms with Crippen molar-refractivity contribution in [1.82, 2.24) is 4.90 Å². The minimum absolute atomic E-state index is 0.285. The van der Waals surface area contributed by atoms with Crippen LogP contribution in [0.15, 0.2) is 18.2 Å². The summed E-state index contributed by atoms with van der Waals surface area (Å²) >= 11 is 12.1. The second-order valence-corrected chi connectivity index (χ2v) is 4.88. The molecule has 98 valence electrons. The number of carbonyl (C=O) groups is 1. The Bertz CT molecular complexity index is 446. The van der Waals surface area contributed by atoms with Crippen LogP contribution in [-0.4, -0.2) is 44.3 Å². The third kappa shape index (κ3) is 2.82. The average molecular weight is 289 g/mol. The van der Waals surface area contributed by atoms with Crippen LogP contribution >= 0.6 is 23.2 Å². The Balaban J connectivity index is 2.05. The van der Waals surface area contributed by atoms with Gasteiger partial charge in [0.1, 0.15) is 0 Å². The molecule has 0 unspecified atom stereocenters. The number of methoxy groups -OCH3 is 1. The molecule has 6 heteroatoms. The molecule has 0 saturated carbocycles. The molecule has 1 aromatic rings. The summed E-state index contributed by atoms with van der Waals surface area (Å²) in [5.74, 6) is 0. The number of amides is 1. The molecule has 1 amide bonds. The van der Waals surface area contributed by atoms with Gasteiger partial charge in [0, 0.05) is 31.2 Å². The van der Waals surface area contributed by atoms with E-state index in [1.54, 1.807) is 17.0 Å². The normalized spacial score (nSPS) is 15.7. The summed E-state index contributed by atoms with van der Waals surface area (Å²) in [6, 6.07) is 5.39. The van der Waals surface area contributed by atoms with Gasteiger partial charge in [-0.3, -0.25) is 0 Å². The van der Waals surface area contributed by atoms with Gasteiger partial charge >= 0.3 is 6.09 Å². The van der Waals surface area contributed by atoms with Gasteiger partial charge in [0.25, 0.3) is 0 Å². The molecule has 1 fully saturated rings. The number of hydrogen-bond acceptors (Lipinski definition) is 3. The molecule has 18 heavy (non-hydrogen) atoms. The van der Waals surface area contributed by atoms with E-state index in [1.807, 2.05) is 6.07 Å². The monoisotopic (exact) mass is 288 g/mol. The predicted octanol–water partition coefficient (Wildman–Crippen LogP) is 2.88. The van der Waals surface area contributed by atoms with E-state index in [0.717, 1.165) is 18.8 Å². The highest BCUT2D eigenvalue weighted by Crippen LogP contribution is 2.29. The van der Waals surface area contributed by atoms with Gasteiger partial charge in [-0.05, 0) is 18.2 Å². The smallest absolute Gasteiger partial charge is 0.409 e. The Morgan fingerprint density at radius 1 is 1.22 bits per heavy atom. The number of halogens is 2. The lowest BCUT2D eigenvalue weighted by atomic mass is 10.2. The lowest BCUT2D eigenvalue weighted by molar-refractivity contribution is 0.121. The lowest BCUT2D eigenvalue weighted by Crippen LogP contribution is -2.48. The highest BCUT2D eigenvalue weighted by atomic mass is 35.5. The topological polar surface area (TPSA) is 32.8 Å². The van der Waals surface area contributed by atoms with Gasteiger partial charge in [-0.15, -0.1) is 0 Å². The van der Waals surface area contributed by atoms with Crippen molar-refractivity contribution in [3.8, 4) is 0 Å². The number of piperazine rings is 1. The standard InChI is InChI=1S/C12H14Cl2N2O2/c1-18-12(17)16-6-4-15(5-7-16)11-8-9(13)2-3-10(11)14/h2-3,8H,4-7H2,1H3. The third-order valence-electron chi connectivity index (χ3n) is 2.96. The van der Waals surface area contributed by atoms with E-state index in [4.69, 9.17) is 27.9 Å². The SMILES string of the molecule is COC(=O)N1CCN(c2cc(Cl)ccc2Cl)CC1. The summed E-state index contributed by atoms with van der Waals surface area (Å²) in [6.07, 6.45) is -0.285. The van der Waals surface area contributed by atoms with Crippen molar-refractivity contribution in [3.63, 3.8) is 0 Å². The zero-order chi connectivity index (χ0) is 13.1. The molecule has 2 rings (SSSR count). The van der Waals surface area contributed by atoms with Crippen LogP contribution < -0.4 is 4.90 Å². The number of hydrogen-bond donors (Lipinski definition) is 0. The molecule has 1 aromatic carbocycles. The minimum Gasteiger partial charge on any atom is -0.453 e. The van der Waals surface area contributed by atoms with E-state index in [2.05, 4.69) is 4.90 Å². The summed E-state index contributed by atoms with van der Waals surface area (Å²) in [5.41, 5.74) is 0.911. The van der Waals surface area contributed by atoms with Crippen molar-refractivity contribution >= 4 is 35.0 Å². The fourth-order valence-corrected chi connectivity index (χ4v) is 2.39. The Morgan fingerprint density at radius 3 is 2.50 bits per heavy atom. The van der Waals surface area contributed by atoms with Crippen LogP contribution in [0.3, 0.4) is 0 Å².